The number of carbonyl (C=O) groups excluding carboxylic acids is 1. The van der Waals surface area contributed by atoms with Crippen LogP contribution in [-0.4, -0.2) is 50.7 Å². The summed E-state index contributed by atoms with van der Waals surface area (Å²) in [5.41, 5.74) is -0.475. The summed E-state index contributed by atoms with van der Waals surface area (Å²) in [5.74, 6) is 0.612. The van der Waals surface area contributed by atoms with Gasteiger partial charge in [-0.05, 0) is 27.2 Å². The number of amides is 1. The van der Waals surface area contributed by atoms with Crippen molar-refractivity contribution in [2.75, 3.05) is 25.0 Å². The van der Waals surface area contributed by atoms with E-state index in [0.717, 1.165) is 18.1 Å². The van der Waals surface area contributed by atoms with Crippen molar-refractivity contribution in [3.63, 3.8) is 0 Å². The summed E-state index contributed by atoms with van der Waals surface area (Å²) >= 11 is 1.33. The molecule has 9 heteroatoms. The average Bonchev–Trinajstić information content (AvgIpc) is 3.10. The van der Waals surface area contributed by atoms with Crippen LogP contribution in [0.3, 0.4) is 0 Å². The van der Waals surface area contributed by atoms with Gasteiger partial charge in [-0.2, -0.15) is 9.36 Å². The summed E-state index contributed by atoms with van der Waals surface area (Å²) < 4.78 is 11.2. The minimum Gasteiger partial charge on any atom is -0.444 e. The van der Waals surface area contributed by atoms with Gasteiger partial charge in [0.1, 0.15) is 11.9 Å². The lowest BCUT2D eigenvalue weighted by atomic mass is 10.2. The van der Waals surface area contributed by atoms with E-state index in [9.17, 15) is 4.79 Å². The molecule has 23 heavy (non-hydrogen) atoms. The quantitative estimate of drug-likeness (QED) is 0.812. The van der Waals surface area contributed by atoms with Crippen molar-refractivity contribution >= 4 is 22.8 Å². The summed E-state index contributed by atoms with van der Waals surface area (Å²) in [6.45, 7) is 6.83. The number of ether oxygens (including phenoxy) is 1. The molecule has 0 aliphatic rings. The van der Waals surface area contributed by atoms with Crippen molar-refractivity contribution < 1.29 is 9.53 Å². The molecular formula is C14H22N6O2S. The lowest BCUT2D eigenvalue weighted by Gasteiger charge is -2.20. The van der Waals surface area contributed by atoms with Gasteiger partial charge < -0.3 is 15.0 Å². The van der Waals surface area contributed by atoms with Gasteiger partial charge in [0, 0.05) is 44.1 Å². The first-order valence-corrected chi connectivity index (χ1v) is 8.12. The molecule has 0 saturated carbocycles. The third kappa shape index (κ3) is 5.51. The van der Waals surface area contributed by atoms with E-state index in [1.165, 1.54) is 11.5 Å². The molecule has 1 amide bonds. The van der Waals surface area contributed by atoms with Crippen molar-refractivity contribution in [1.29, 1.82) is 0 Å². The minimum absolute atomic E-state index is 0.390. The summed E-state index contributed by atoms with van der Waals surface area (Å²) in [6.07, 6.45) is 5.55. The van der Waals surface area contributed by atoms with Gasteiger partial charge >= 0.3 is 6.09 Å². The maximum absolute atomic E-state index is 11.5. The Morgan fingerprint density at radius 3 is 2.91 bits per heavy atom. The van der Waals surface area contributed by atoms with Crippen LogP contribution in [0.25, 0.3) is 5.95 Å². The molecule has 0 aliphatic heterocycles. The average molecular weight is 338 g/mol. The second kappa shape index (κ2) is 7.40. The van der Waals surface area contributed by atoms with Gasteiger partial charge in [-0.15, -0.1) is 0 Å². The molecule has 0 saturated heterocycles. The fourth-order valence-electron chi connectivity index (χ4n) is 1.76. The van der Waals surface area contributed by atoms with E-state index in [1.807, 2.05) is 32.7 Å². The lowest BCUT2D eigenvalue weighted by Crippen LogP contribution is -2.34. The number of nitrogens with one attached hydrogen (secondary N) is 1. The molecule has 2 heterocycles. The second-order valence-electron chi connectivity index (χ2n) is 6.05. The van der Waals surface area contributed by atoms with E-state index in [4.69, 9.17) is 4.74 Å². The molecule has 0 bridgehead atoms. The van der Waals surface area contributed by atoms with Gasteiger partial charge in [-0.25, -0.2) is 9.78 Å². The Morgan fingerprint density at radius 1 is 1.48 bits per heavy atom. The molecule has 1 N–H and O–H groups in total. The Morgan fingerprint density at radius 2 is 2.26 bits per heavy atom. The van der Waals surface area contributed by atoms with Gasteiger partial charge in [-0.1, -0.05) is 0 Å². The van der Waals surface area contributed by atoms with Crippen molar-refractivity contribution in [3.05, 3.63) is 18.7 Å². The molecule has 2 rings (SSSR count). The van der Waals surface area contributed by atoms with Crippen LogP contribution >= 0.6 is 11.5 Å². The number of alkyl carbamates (subject to hydrolysis) is 1. The lowest BCUT2D eigenvalue weighted by molar-refractivity contribution is 0.0527. The van der Waals surface area contributed by atoms with Crippen LogP contribution in [0.15, 0.2) is 18.7 Å². The van der Waals surface area contributed by atoms with Crippen LogP contribution in [0.1, 0.15) is 27.2 Å². The molecule has 2 aromatic heterocycles. The van der Waals surface area contributed by atoms with Crippen LogP contribution in [0.2, 0.25) is 0 Å². The molecule has 0 fully saturated rings. The van der Waals surface area contributed by atoms with Crippen LogP contribution < -0.4 is 10.2 Å². The maximum Gasteiger partial charge on any atom is 0.407 e. The van der Waals surface area contributed by atoms with E-state index in [-0.39, 0.29) is 0 Å². The third-order valence-electron chi connectivity index (χ3n) is 2.80. The molecule has 0 aliphatic carbocycles. The minimum atomic E-state index is -0.475. The molecule has 0 radical (unpaired) electrons. The molecule has 0 spiro atoms. The van der Waals surface area contributed by atoms with Crippen LogP contribution in [-0.2, 0) is 4.74 Å². The summed E-state index contributed by atoms with van der Waals surface area (Å²) in [7, 11) is 1.95. The van der Waals surface area contributed by atoms with Crippen LogP contribution in [0.4, 0.5) is 9.93 Å². The van der Waals surface area contributed by atoms with Crippen molar-refractivity contribution in [1.82, 2.24) is 24.2 Å². The topological polar surface area (TPSA) is 85.2 Å². The highest BCUT2D eigenvalue weighted by Gasteiger charge is 2.15. The summed E-state index contributed by atoms with van der Waals surface area (Å²) in [4.78, 5) is 22.0. The normalized spacial score (nSPS) is 11.3. The highest BCUT2D eigenvalue weighted by atomic mass is 32.1. The zero-order valence-electron chi connectivity index (χ0n) is 13.8. The smallest absolute Gasteiger partial charge is 0.407 e. The predicted octanol–water partition coefficient (Wildman–Crippen LogP) is 2.07. The zero-order chi connectivity index (χ0) is 16.9. The predicted molar refractivity (Wildman–Crippen MR) is 89.2 cm³/mol. The van der Waals surface area contributed by atoms with Crippen LogP contribution in [0, 0.1) is 0 Å². The Bertz CT molecular complexity index is 620. The molecule has 126 valence electrons. The standard InChI is InChI=1S/C14H22N6O2S/c1-14(2,3)22-13(21)16-6-5-8-19(4)12-17-11(18-23-12)20-9-7-15-10-20/h7,9-10H,5-6,8H2,1-4H3,(H,16,21). The fourth-order valence-corrected chi connectivity index (χ4v) is 2.41. The largest absolute Gasteiger partial charge is 0.444 e. The SMILES string of the molecule is CN(CCCNC(=O)OC(C)(C)C)c1nc(-n2ccnc2)ns1. The van der Waals surface area contributed by atoms with Gasteiger partial charge in [0.25, 0.3) is 0 Å². The fraction of sp³-hybridized carbons (Fsp3) is 0.571. The molecule has 0 unspecified atom stereocenters. The first-order chi connectivity index (χ1) is 10.8. The van der Waals surface area contributed by atoms with Gasteiger partial charge in [0.2, 0.25) is 11.1 Å². The van der Waals surface area contributed by atoms with E-state index < -0.39 is 11.7 Å². The van der Waals surface area contributed by atoms with E-state index in [1.54, 1.807) is 23.3 Å². The van der Waals surface area contributed by atoms with Crippen LogP contribution in [0.5, 0.6) is 0 Å². The van der Waals surface area contributed by atoms with Gasteiger partial charge in [-0.3, -0.25) is 4.57 Å². The Kier molecular flexibility index (Phi) is 5.54. The Balaban J connectivity index is 1.73. The van der Waals surface area contributed by atoms with E-state index in [2.05, 4.69) is 19.7 Å². The monoisotopic (exact) mass is 338 g/mol. The number of carbonyl (C=O) groups is 1. The van der Waals surface area contributed by atoms with Crippen molar-refractivity contribution in [2.24, 2.45) is 0 Å². The number of rotatable bonds is 6. The Labute approximate surface area is 139 Å². The molecule has 0 atom stereocenters. The molecular weight excluding hydrogens is 316 g/mol. The first kappa shape index (κ1) is 17.2. The first-order valence-electron chi connectivity index (χ1n) is 7.35. The molecule has 8 nitrogen and oxygen atoms in total. The summed E-state index contributed by atoms with van der Waals surface area (Å²) in [6, 6.07) is 0. The van der Waals surface area contributed by atoms with Crippen molar-refractivity contribution in [2.45, 2.75) is 32.8 Å². The van der Waals surface area contributed by atoms with E-state index in [0.29, 0.717) is 12.5 Å². The summed E-state index contributed by atoms with van der Waals surface area (Å²) in [5, 5.41) is 3.57. The van der Waals surface area contributed by atoms with E-state index >= 15 is 0 Å². The van der Waals surface area contributed by atoms with Crippen molar-refractivity contribution in [3.8, 4) is 5.95 Å². The zero-order valence-corrected chi connectivity index (χ0v) is 14.6. The maximum atomic E-state index is 11.5. The Hall–Kier alpha value is -2.16. The molecule has 2 aromatic rings. The highest BCUT2D eigenvalue weighted by Crippen LogP contribution is 2.17. The van der Waals surface area contributed by atoms with Gasteiger partial charge in [0.05, 0.1) is 0 Å². The number of hydrogen-bond donors (Lipinski definition) is 1. The number of aromatic nitrogens is 4. The number of imidazole rings is 1. The van der Waals surface area contributed by atoms with Gasteiger partial charge in [0.15, 0.2) is 0 Å². The second-order valence-corrected chi connectivity index (χ2v) is 6.78. The number of hydrogen-bond acceptors (Lipinski definition) is 7. The number of anilines is 1. The number of nitrogens with zero attached hydrogens (tertiary/aromatic N) is 5. The molecule has 0 aromatic carbocycles. The third-order valence-corrected chi connectivity index (χ3v) is 3.63. The highest BCUT2D eigenvalue weighted by molar-refractivity contribution is 7.09.